The molecule has 0 radical (unpaired) electrons. The van der Waals surface area contributed by atoms with Crippen LogP contribution in [0.1, 0.15) is 25.2 Å². The summed E-state index contributed by atoms with van der Waals surface area (Å²) in [6.45, 7) is 13.7. The summed E-state index contributed by atoms with van der Waals surface area (Å²) in [7, 11) is 1.61. The van der Waals surface area contributed by atoms with E-state index in [1.807, 2.05) is 51.2 Å². The van der Waals surface area contributed by atoms with Crippen molar-refractivity contribution in [2.24, 2.45) is 5.10 Å². The molecule has 0 spiro atoms. The van der Waals surface area contributed by atoms with Gasteiger partial charge in [-0.25, -0.2) is 15.0 Å². The first-order valence-corrected chi connectivity index (χ1v) is 8.93. The number of aliphatic hydroxyl groups excluding tert-OH is 1. The maximum atomic E-state index is 9.09. The molecular formula is C21H27N5O2. The zero-order valence-electron chi connectivity index (χ0n) is 16.9. The Kier molecular flexibility index (Phi) is 7.28. The Hall–Kier alpha value is -3.19. The number of hydrogen-bond donors (Lipinski definition) is 2. The average Bonchev–Trinajstić information content (AvgIpc) is 2.69. The summed E-state index contributed by atoms with van der Waals surface area (Å²) < 4.78 is 5.61. The maximum Gasteiger partial charge on any atom is 0.152 e. The maximum absolute atomic E-state index is 9.09. The fourth-order valence-electron chi connectivity index (χ4n) is 2.74. The molecule has 1 aromatic heterocycles. The number of aliphatic hydroxyl groups is 1. The van der Waals surface area contributed by atoms with Gasteiger partial charge in [0.05, 0.1) is 30.8 Å². The summed E-state index contributed by atoms with van der Waals surface area (Å²) in [4.78, 5) is 9.42. The van der Waals surface area contributed by atoms with Crippen LogP contribution in [0.5, 0.6) is 5.75 Å². The minimum atomic E-state index is 0.00738. The molecule has 1 heterocycles. The topological polar surface area (TPSA) is 82.9 Å². The van der Waals surface area contributed by atoms with Gasteiger partial charge in [0, 0.05) is 31.1 Å². The summed E-state index contributed by atoms with van der Waals surface area (Å²) in [5, 5.41) is 17.8. The Morgan fingerprint density at radius 2 is 2.14 bits per heavy atom. The Bertz CT molecular complexity index is 893. The Morgan fingerprint density at radius 1 is 1.39 bits per heavy atom. The van der Waals surface area contributed by atoms with Crippen molar-refractivity contribution < 1.29 is 9.84 Å². The Morgan fingerprint density at radius 3 is 2.71 bits per heavy atom. The minimum Gasteiger partial charge on any atom is -0.496 e. The first-order chi connectivity index (χ1) is 13.5. The molecule has 148 valence electrons. The normalized spacial score (nSPS) is 10.8. The van der Waals surface area contributed by atoms with Crippen LogP contribution in [-0.4, -0.2) is 42.1 Å². The molecule has 2 N–H and O–H groups in total. The van der Waals surface area contributed by atoms with Crippen molar-refractivity contribution in [1.29, 1.82) is 0 Å². The molecule has 28 heavy (non-hydrogen) atoms. The second-order valence-electron chi connectivity index (χ2n) is 6.14. The van der Waals surface area contributed by atoms with Gasteiger partial charge in [-0.3, -0.25) is 0 Å². The van der Waals surface area contributed by atoms with Crippen molar-refractivity contribution in [2.45, 2.75) is 20.8 Å². The van der Waals surface area contributed by atoms with Crippen molar-refractivity contribution in [2.75, 3.05) is 30.6 Å². The van der Waals surface area contributed by atoms with Crippen LogP contribution < -0.4 is 15.1 Å². The van der Waals surface area contributed by atoms with Crippen LogP contribution in [0.4, 0.5) is 11.5 Å². The number of aryl methyl sites for hydroxylation is 1. The third-order valence-corrected chi connectivity index (χ3v) is 4.03. The average molecular weight is 381 g/mol. The quantitative estimate of drug-likeness (QED) is 0.507. The third-order valence-electron chi connectivity index (χ3n) is 4.03. The van der Waals surface area contributed by atoms with Crippen molar-refractivity contribution in [3.05, 3.63) is 48.4 Å². The summed E-state index contributed by atoms with van der Waals surface area (Å²) in [5.41, 5.74) is 4.52. The van der Waals surface area contributed by atoms with Crippen molar-refractivity contribution >= 4 is 23.8 Å². The van der Waals surface area contributed by atoms with E-state index in [1.54, 1.807) is 12.1 Å². The molecular weight excluding hydrogens is 354 g/mol. The van der Waals surface area contributed by atoms with Gasteiger partial charge in [0.25, 0.3) is 0 Å². The molecule has 0 aliphatic carbocycles. The lowest BCUT2D eigenvalue weighted by atomic mass is 10.1. The number of hydrogen-bond acceptors (Lipinski definition) is 7. The summed E-state index contributed by atoms with van der Waals surface area (Å²) in [5.74, 6) is 1.25. The molecule has 0 aliphatic heterocycles. The van der Waals surface area contributed by atoms with E-state index in [-0.39, 0.29) is 6.61 Å². The van der Waals surface area contributed by atoms with E-state index in [1.165, 1.54) is 0 Å². The first kappa shape index (κ1) is 21.1. The molecule has 0 unspecified atom stereocenters. The lowest BCUT2D eigenvalue weighted by Gasteiger charge is -2.18. The Balaban J connectivity index is 2.58. The van der Waals surface area contributed by atoms with Crippen LogP contribution in [0.2, 0.25) is 0 Å². The zero-order valence-corrected chi connectivity index (χ0v) is 16.9. The SMILES string of the molecule is C=NN(/C=C\C)c1ccc(-c2nc(C(=C)C)c(NCCO)nc2C)c(OC)c1. The van der Waals surface area contributed by atoms with E-state index in [0.29, 0.717) is 29.5 Å². The van der Waals surface area contributed by atoms with Crippen LogP contribution in [0.3, 0.4) is 0 Å². The van der Waals surface area contributed by atoms with E-state index in [2.05, 4.69) is 28.7 Å². The van der Waals surface area contributed by atoms with Gasteiger partial charge in [-0.15, -0.1) is 0 Å². The highest BCUT2D eigenvalue weighted by molar-refractivity contribution is 5.77. The molecule has 2 aromatic rings. The van der Waals surface area contributed by atoms with Crippen LogP contribution in [0.15, 0.2) is 42.2 Å². The molecule has 0 atom stereocenters. The highest BCUT2D eigenvalue weighted by Gasteiger charge is 2.17. The van der Waals surface area contributed by atoms with Gasteiger partial charge in [-0.05, 0) is 38.5 Å². The number of nitrogens with zero attached hydrogens (tertiary/aromatic N) is 4. The van der Waals surface area contributed by atoms with Crippen LogP contribution >= 0.6 is 0 Å². The van der Waals surface area contributed by atoms with Gasteiger partial charge in [-0.2, -0.15) is 5.10 Å². The molecule has 7 heteroatoms. The zero-order chi connectivity index (χ0) is 20.7. The molecule has 1 aromatic carbocycles. The number of benzene rings is 1. The first-order valence-electron chi connectivity index (χ1n) is 8.93. The van der Waals surface area contributed by atoms with Gasteiger partial charge in [0.1, 0.15) is 11.4 Å². The second-order valence-corrected chi connectivity index (χ2v) is 6.14. The number of anilines is 2. The minimum absolute atomic E-state index is 0.00738. The van der Waals surface area contributed by atoms with Gasteiger partial charge >= 0.3 is 0 Å². The number of nitrogens with one attached hydrogen (secondary N) is 1. The second kappa shape index (κ2) is 9.66. The van der Waals surface area contributed by atoms with E-state index in [9.17, 15) is 0 Å². The lowest BCUT2D eigenvalue weighted by Crippen LogP contribution is -2.12. The van der Waals surface area contributed by atoms with E-state index < -0.39 is 0 Å². The molecule has 0 amide bonds. The monoisotopic (exact) mass is 381 g/mol. The van der Waals surface area contributed by atoms with Crippen molar-refractivity contribution in [3.63, 3.8) is 0 Å². The molecule has 0 saturated carbocycles. The van der Waals surface area contributed by atoms with Crippen LogP contribution in [-0.2, 0) is 0 Å². The number of hydrazone groups is 1. The summed E-state index contributed by atoms with van der Waals surface area (Å²) >= 11 is 0. The van der Waals surface area contributed by atoms with E-state index in [4.69, 9.17) is 14.8 Å². The summed E-state index contributed by atoms with van der Waals surface area (Å²) in [6.07, 6.45) is 3.69. The summed E-state index contributed by atoms with van der Waals surface area (Å²) in [6, 6.07) is 5.73. The standard InChI is InChI=1S/C21H27N5O2/c1-7-11-26(22-5)16-8-9-17(18(13-16)28-6)20-15(4)24-21(23-10-12-27)19(25-20)14(2)3/h7-9,11,13,27H,2,5,10,12H2,1,3-4,6H3,(H,23,24)/b11-7-. The van der Waals surface area contributed by atoms with Gasteiger partial charge in [0.2, 0.25) is 0 Å². The van der Waals surface area contributed by atoms with Crippen LogP contribution in [0, 0.1) is 6.92 Å². The predicted octanol–water partition coefficient (Wildman–Crippen LogP) is 3.85. The molecule has 0 saturated heterocycles. The number of rotatable bonds is 9. The molecule has 2 rings (SSSR count). The number of allylic oxidation sites excluding steroid dienone is 2. The fraction of sp³-hybridized carbons (Fsp3) is 0.286. The van der Waals surface area contributed by atoms with Crippen LogP contribution in [0.25, 0.3) is 16.8 Å². The van der Waals surface area contributed by atoms with E-state index >= 15 is 0 Å². The fourth-order valence-corrected chi connectivity index (χ4v) is 2.74. The van der Waals surface area contributed by atoms with Gasteiger partial charge < -0.3 is 15.2 Å². The molecule has 0 aliphatic rings. The predicted molar refractivity (Wildman–Crippen MR) is 116 cm³/mol. The van der Waals surface area contributed by atoms with Gasteiger partial charge in [-0.1, -0.05) is 12.7 Å². The van der Waals surface area contributed by atoms with Crippen molar-refractivity contribution in [3.8, 4) is 17.0 Å². The number of ether oxygens (including phenoxy) is 1. The van der Waals surface area contributed by atoms with Gasteiger partial charge in [0.15, 0.2) is 5.82 Å². The highest BCUT2D eigenvalue weighted by Crippen LogP contribution is 2.35. The molecule has 0 bridgehead atoms. The number of methoxy groups -OCH3 is 1. The molecule has 0 fully saturated rings. The highest BCUT2D eigenvalue weighted by atomic mass is 16.5. The largest absolute Gasteiger partial charge is 0.496 e. The lowest BCUT2D eigenvalue weighted by molar-refractivity contribution is 0.311. The Labute approximate surface area is 166 Å². The molecule has 7 nitrogen and oxygen atoms in total. The smallest absolute Gasteiger partial charge is 0.152 e. The third kappa shape index (κ3) is 4.55. The van der Waals surface area contributed by atoms with E-state index in [0.717, 1.165) is 22.5 Å². The van der Waals surface area contributed by atoms with Crippen molar-refractivity contribution in [1.82, 2.24) is 9.97 Å². The number of aromatic nitrogens is 2.